The molecule has 2 N–H and O–H groups in total. The van der Waals surface area contributed by atoms with Crippen LogP contribution in [-0.2, 0) is 4.79 Å². The van der Waals surface area contributed by atoms with Gasteiger partial charge in [-0.3, -0.25) is 4.79 Å². The number of hydrogen-bond donors (Lipinski definition) is 1. The smallest absolute Gasteiger partial charge is 0.222 e. The van der Waals surface area contributed by atoms with Gasteiger partial charge in [0.05, 0.1) is 0 Å². The average Bonchev–Trinajstić information content (AvgIpc) is 2.58. The summed E-state index contributed by atoms with van der Waals surface area (Å²) < 4.78 is 0. The topological polar surface area (TPSA) is 49.6 Å². The van der Waals surface area contributed by atoms with Crippen LogP contribution in [0.1, 0.15) is 32.1 Å². The van der Waals surface area contributed by atoms with Gasteiger partial charge < -0.3 is 15.5 Å². The molecule has 0 unspecified atom stereocenters. The van der Waals surface area contributed by atoms with Gasteiger partial charge in [0.1, 0.15) is 0 Å². The Balaban J connectivity index is 1.46. The number of hydrogen-bond acceptors (Lipinski definition) is 3. The molecule has 120 valence electrons. The summed E-state index contributed by atoms with van der Waals surface area (Å²) in [6, 6.07) is 10.8. The van der Waals surface area contributed by atoms with Crippen molar-refractivity contribution in [2.45, 2.75) is 38.1 Å². The molecule has 1 aromatic rings. The van der Waals surface area contributed by atoms with Crippen molar-refractivity contribution >= 4 is 11.6 Å². The lowest BCUT2D eigenvalue weighted by Gasteiger charge is -2.37. The molecule has 3 rings (SSSR count). The molecular formula is C18H27N3O. The standard InChI is InChI=1S/C18H27N3O/c19-16-8-6-15(7-9-16)14-18(22)21-12-10-20(11-13-21)17-4-2-1-3-5-17/h1-5,15-16H,6-14,19H2. The zero-order valence-corrected chi connectivity index (χ0v) is 13.3. The number of nitrogens with zero attached hydrogens (tertiary/aromatic N) is 2. The predicted molar refractivity (Wildman–Crippen MR) is 89.8 cm³/mol. The molecule has 1 aliphatic heterocycles. The number of amides is 1. The van der Waals surface area contributed by atoms with Crippen LogP contribution in [0, 0.1) is 5.92 Å². The fourth-order valence-electron chi connectivity index (χ4n) is 3.62. The molecule has 1 aliphatic carbocycles. The van der Waals surface area contributed by atoms with Crippen molar-refractivity contribution < 1.29 is 4.79 Å². The molecule has 0 aromatic heterocycles. The normalized spacial score (nSPS) is 26.0. The Morgan fingerprint density at radius 2 is 1.64 bits per heavy atom. The Hall–Kier alpha value is -1.55. The largest absolute Gasteiger partial charge is 0.368 e. The van der Waals surface area contributed by atoms with Gasteiger partial charge in [-0.2, -0.15) is 0 Å². The number of piperazine rings is 1. The van der Waals surface area contributed by atoms with E-state index in [1.54, 1.807) is 0 Å². The fraction of sp³-hybridized carbons (Fsp3) is 0.611. The van der Waals surface area contributed by atoms with Crippen molar-refractivity contribution in [3.05, 3.63) is 30.3 Å². The van der Waals surface area contributed by atoms with Gasteiger partial charge in [-0.05, 0) is 43.7 Å². The van der Waals surface area contributed by atoms with Crippen molar-refractivity contribution in [2.75, 3.05) is 31.1 Å². The molecule has 1 saturated heterocycles. The van der Waals surface area contributed by atoms with Gasteiger partial charge in [0.25, 0.3) is 0 Å². The molecule has 1 saturated carbocycles. The fourth-order valence-corrected chi connectivity index (χ4v) is 3.62. The molecule has 1 heterocycles. The lowest BCUT2D eigenvalue weighted by molar-refractivity contribution is -0.132. The third-order valence-corrected chi connectivity index (χ3v) is 5.11. The molecule has 22 heavy (non-hydrogen) atoms. The molecular weight excluding hydrogens is 274 g/mol. The highest BCUT2D eigenvalue weighted by Crippen LogP contribution is 2.26. The van der Waals surface area contributed by atoms with Crippen molar-refractivity contribution in [3.8, 4) is 0 Å². The van der Waals surface area contributed by atoms with Crippen LogP contribution in [0.2, 0.25) is 0 Å². The van der Waals surface area contributed by atoms with Crippen molar-refractivity contribution in [3.63, 3.8) is 0 Å². The van der Waals surface area contributed by atoms with Crippen molar-refractivity contribution in [1.82, 2.24) is 4.90 Å². The summed E-state index contributed by atoms with van der Waals surface area (Å²) in [5, 5.41) is 0. The summed E-state index contributed by atoms with van der Waals surface area (Å²) in [6.07, 6.45) is 5.13. The molecule has 4 nitrogen and oxygen atoms in total. The van der Waals surface area contributed by atoms with E-state index in [1.807, 2.05) is 11.0 Å². The zero-order chi connectivity index (χ0) is 15.4. The van der Waals surface area contributed by atoms with Gasteiger partial charge in [0.2, 0.25) is 5.91 Å². The highest BCUT2D eigenvalue weighted by atomic mass is 16.2. The second-order valence-electron chi connectivity index (χ2n) is 6.69. The Morgan fingerprint density at radius 3 is 2.27 bits per heavy atom. The van der Waals surface area contributed by atoms with Gasteiger partial charge in [-0.25, -0.2) is 0 Å². The van der Waals surface area contributed by atoms with Gasteiger partial charge in [0.15, 0.2) is 0 Å². The van der Waals surface area contributed by atoms with Gasteiger partial charge in [-0.15, -0.1) is 0 Å². The Morgan fingerprint density at radius 1 is 1.00 bits per heavy atom. The summed E-state index contributed by atoms with van der Waals surface area (Å²) >= 11 is 0. The Kier molecular flexibility index (Phi) is 4.98. The van der Waals surface area contributed by atoms with Gasteiger partial charge >= 0.3 is 0 Å². The lowest BCUT2D eigenvalue weighted by Crippen LogP contribution is -2.49. The molecule has 0 atom stereocenters. The summed E-state index contributed by atoms with van der Waals surface area (Å²) in [6.45, 7) is 3.57. The van der Waals surface area contributed by atoms with E-state index in [1.165, 1.54) is 5.69 Å². The number of para-hydroxylation sites is 1. The van der Waals surface area contributed by atoms with E-state index in [0.29, 0.717) is 17.9 Å². The van der Waals surface area contributed by atoms with Gasteiger partial charge in [0, 0.05) is 44.3 Å². The number of nitrogens with two attached hydrogens (primary N) is 1. The van der Waals surface area contributed by atoms with Crippen LogP contribution in [0.15, 0.2) is 30.3 Å². The van der Waals surface area contributed by atoms with Crippen LogP contribution in [0.25, 0.3) is 0 Å². The van der Waals surface area contributed by atoms with Crippen LogP contribution >= 0.6 is 0 Å². The monoisotopic (exact) mass is 301 g/mol. The number of benzene rings is 1. The van der Waals surface area contributed by atoms with E-state index < -0.39 is 0 Å². The zero-order valence-electron chi connectivity index (χ0n) is 13.3. The quantitative estimate of drug-likeness (QED) is 0.931. The molecule has 4 heteroatoms. The molecule has 2 aliphatic rings. The second-order valence-corrected chi connectivity index (χ2v) is 6.69. The van der Waals surface area contributed by atoms with Crippen molar-refractivity contribution in [2.24, 2.45) is 11.7 Å². The minimum atomic E-state index is 0.341. The Labute approximate surface area is 133 Å². The van der Waals surface area contributed by atoms with Gasteiger partial charge in [-0.1, -0.05) is 18.2 Å². The first-order valence-corrected chi connectivity index (χ1v) is 8.56. The minimum Gasteiger partial charge on any atom is -0.368 e. The summed E-state index contributed by atoms with van der Waals surface area (Å²) in [5.74, 6) is 0.896. The van der Waals surface area contributed by atoms with Crippen LogP contribution in [-0.4, -0.2) is 43.0 Å². The van der Waals surface area contributed by atoms with E-state index >= 15 is 0 Å². The first-order chi connectivity index (χ1) is 10.7. The highest BCUT2D eigenvalue weighted by Gasteiger charge is 2.25. The number of rotatable bonds is 3. The number of anilines is 1. The maximum absolute atomic E-state index is 12.5. The summed E-state index contributed by atoms with van der Waals surface area (Å²) in [4.78, 5) is 16.9. The minimum absolute atomic E-state index is 0.341. The predicted octanol–water partition coefficient (Wildman–Crippen LogP) is 2.24. The molecule has 1 aromatic carbocycles. The number of carbonyl (C=O) groups excluding carboxylic acids is 1. The second kappa shape index (κ2) is 7.14. The molecule has 0 spiro atoms. The third-order valence-electron chi connectivity index (χ3n) is 5.11. The van der Waals surface area contributed by atoms with Crippen LogP contribution in [0.3, 0.4) is 0 Å². The maximum Gasteiger partial charge on any atom is 0.222 e. The third kappa shape index (κ3) is 3.80. The van der Waals surface area contributed by atoms with Crippen LogP contribution in [0.4, 0.5) is 5.69 Å². The van der Waals surface area contributed by atoms with Crippen molar-refractivity contribution in [1.29, 1.82) is 0 Å². The SMILES string of the molecule is NC1CCC(CC(=O)N2CCN(c3ccccc3)CC2)CC1. The number of carbonyl (C=O) groups is 1. The van der Waals surface area contributed by atoms with E-state index in [2.05, 4.69) is 29.2 Å². The van der Waals surface area contributed by atoms with E-state index in [-0.39, 0.29) is 0 Å². The lowest BCUT2D eigenvalue weighted by atomic mass is 9.84. The van der Waals surface area contributed by atoms with E-state index in [0.717, 1.165) is 58.3 Å². The molecule has 1 amide bonds. The Bertz CT molecular complexity index is 474. The van der Waals surface area contributed by atoms with Crippen LogP contribution in [0.5, 0.6) is 0 Å². The molecule has 2 fully saturated rings. The molecule has 0 bridgehead atoms. The first-order valence-electron chi connectivity index (χ1n) is 8.56. The van der Waals surface area contributed by atoms with E-state index in [9.17, 15) is 4.79 Å². The highest BCUT2D eigenvalue weighted by molar-refractivity contribution is 5.76. The summed E-state index contributed by atoms with van der Waals surface area (Å²) in [7, 11) is 0. The van der Waals surface area contributed by atoms with E-state index in [4.69, 9.17) is 5.73 Å². The summed E-state index contributed by atoms with van der Waals surface area (Å²) in [5.41, 5.74) is 7.20. The molecule has 0 radical (unpaired) electrons. The first kappa shape index (κ1) is 15.3. The average molecular weight is 301 g/mol. The van der Waals surface area contributed by atoms with Crippen LogP contribution < -0.4 is 10.6 Å². The maximum atomic E-state index is 12.5.